The highest BCUT2D eigenvalue weighted by atomic mass is 32.2. The summed E-state index contributed by atoms with van der Waals surface area (Å²) in [5.74, 6) is -1.09. The van der Waals surface area contributed by atoms with Gasteiger partial charge in [-0.1, -0.05) is 30.0 Å². The first-order valence-electron chi connectivity index (χ1n) is 8.31. The molecule has 0 unspecified atom stereocenters. The van der Waals surface area contributed by atoms with Crippen LogP contribution in [0.5, 0.6) is 0 Å². The van der Waals surface area contributed by atoms with E-state index >= 15 is 0 Å². The molecule has 0 radical (unpaired) electrons. The predicted molar refractivity (Wildman–Crippen MR) is 107 cm³/mol. The summed E-state index contributed by atoms with van der Waals surface area (Å²) in [4.78, 5) is 16.3. The van der Waals surface area contributed by atoms with Crippen molar-refractivity contribution in [1.29, 1.82) is 0 Å². The maximum absolute atomic E-state index is 13.8. The quantitative estimate of drug-likeness (QED) is 0.440. The van der Waals surface area contributed by atoms with Crippen molar-refractivity contribution in [2.24, 2.45) is 0 Å². The summed E-state index contributed by atoms with van der Waals surface area (Å²) in [5, 5.41) is 12.6. The molecule has 0 saturated carbocycles. The normalized spacial score (nSPS) is 10.8. The minimum atomic E-state index is -0.587. The zero-order valence-corrected chi connectivity index (χ0v) is 16.3. The lowest BCUT2D eigenvalue weighted by molar-refractivity contribution is -0.113. The minimum absolute atomic E-state index is 0.0274. The highest BCUT2D eigenvalue weighted by Crippen LogP contribution is 2.28. The summed E-state index contributed by atoms with van der Waals surface area (Å²) < 4.78 is 32.7. The van der Waals surface area contributed by atoms with Crippen LogP contribution in [-0.4, -0.2) is 26.8 Å². The van der Waals surface area contributed by atoms with Crippen molar-refractivity contribution in [3.8, 4) is 22.7 Å². The Balaban J connectivity index is 1.35. The van der Waals surface area contributed by atoms with Gasteiger partial charge in [0.2, 0.25) is 11.8 Å². The summed E-state index contributed by atoms with van der Waals surface area (Å²) in [6.45, 7) is 0. The van der Waals surface area contributed by atoms with Gasteiger partial charge in [-0.25, -0.2) is 13.8 Å². The standard InChI is InChI=1S/C19H12F2N4O2S2/c20-12-6-7-14(21)13(8-12)15-9-28-18(22-15)23-16(26)10-29-19-25-24-17(27-19)11-4-2-1-3-5-11/h1-9H,10H2,(H,22,23,26). The van der Waals surface area contributed by atoms with Gasteiger partial charge in [0.05, 0.1) is 11.4 Å². The fourth-order valence-corrected chi connectivity index (χ4v) is 3.69. The number of hydrogen-bond donors (Lipinski definition) is 1. The highest BCUT2D eigenvalue weighted by Gasteiger charge is 2.14. The number of aromatic nitrogens is 3. The van der Waals surface area contributed by atoms with E-state index in [9.17, 15) is 13.6 Å². The fourth-order valence-electron chi connectivity index (χ4n) is 2.40. The van der Waals surface area contributed by atoms with Gasteiger partial charge in [-0.3, -0.25) is 4.79 Å². The molecule has 146 valence electrons. The number of amides is 1. The third-order valence-electron chi connectivity index (χ3n) is 3.71. The average Bonchev–Trinajstić information content (AvgIpc) is 3.39. The largest absolute Gasteiger partial charge is 0.411 e. The van der Waals surface area contributed by atoms with Crippen LogP contribution in [-0.2, 0) is 4.79 Å². The van der Waals surface area contributed by atoms with Gasteiger partial charge in [0.1, 0.15) is 11.6 Å². The second-order valence-electron chi connectivity index (χ2n) is 5.74. The first-order valence-corrected chi connectivity index (χ1v) is 10.2. The van der Waals surface area contributed by atoms with E-state index in [4.69, 9.17) is 4.42 Å². The first-order chi connectivity index (χ1) is 14.1. The van der Waals surface area contributed by atoms with Gasteiger partial charge < -0.3 is 9.73 Å². The summed E-state index contributed by atoms with van der Waals surface area (Å²) in [6, 6.07) is 12.4. The van der Waals surface area contributed by atoms with Gasteiger partial charge >= 0.3 is 0 Å². The van der Waals surface area contributed by atoms with Gasteiger partial charge in [-0.2, -0.15) is 0 Å². The Morgan fingerprint density at radius 3 is 2.79 bits per heavy atom. The predicted octanol–water partition coefficient (Wildman–Crippen LogP) is 4.87. The van der Waals surface area contributed by atoms with Gasteiger partial charge in [0.25, 0.3) is 5.22 Å². The number of benzene rings is 2. The third-order valence-corrected chi connectivity index (χ3v) is 5.29. The van der Waals surface area contributed by atoms with Crippen LogP contribution >= 0.6 is 23.1 Å². The van der Waals surface area contributed by atoms with E-state index < -0.39 is 11.6 Å². The Hall–Kier alpha value is -3.11. The summed E-state index contributed by atoms with van der Waals surface area (Å²) in [7, 11) is 0. The zero-order valence-electron chi connectivity index (χ0n) is 14.6. The lowest BCUT2D eigenvalue weighted by Crippen LogP contribution is -2.13. The van der Waals surface area contributed by atoms with E-state index in [2.05, 4.69) is 20.5 Å². The highest BCUT2D eigenvalue weighted by molar-refractivity contribution is 7.99. The maximum Gasteiger partial charge on any atom is 0.277 e. The number of halogens is 2. The second kappa shape index (κ2) is 8.50. The first kappa shape index (κ1) is 19.2. The smallest absolute Gasteiger partial charge is 0.277 e. The van der Waals surface area contributed by atoms with Crippen LogP contribution in [0.4, 0.5) is 13.9 Å². The summed E-state index contributed by atoms with van der Waals surface area (Å²) >= 11 is 2.20. The molecule has 0 aliphatic rings. The van der Waals surface area contributed by atoms with E-state index in [0.717, 1.165) is 46.9 Å². The molecule has 0 aliphatic carbocycles. The summed E-state index contributed by atoms with van der Waals surface area (Å²) in [6.07, 6.45) is 0. The van der Waals surface area contributed by atoms with Crippen LogP contribution in [0.2, 0.25) is 0 Å². The lowest BCUT2D eigenvalue weighted by atomic mass is 10.1. The molecular formula is C19H12F2N4O2S2. The van der Waals surface area contributed by atoms with Crippen LogP contribution in [0.15, 0.2) is 63.6 Å². The van der Waals surface area contributed by atoms with Crippen LogP contribution in [0.3, 0.4) is 0 Å². The van der Waals surface area contributed by atoms with Crippen LogP contribution < -0.4 is 5.32 Å². The SMILES string of the molecule is O=C(CSc1nnc(-c2ccccc2)o1)Nc1nc(-c2cc(F)ccc2F)cs1. The van der Waals surface area contributed by atoms with Crippen molar-refractivity contribution in [1.82, 2.24) is 15.2 Å². The molecule has 2 heterocycles. The van der Waals surface area contributed by atoms with E-state index in [1.165, 1.54) is 0 Å². The number of carbonyl (C=O) groups excluding carboxylic acids is 1. The molecule has 0 aliphatic heterocycles. The monoisotopic (exact) mass is 430 g/mol. The van der Waals surface area contributed by atoms with Gasteiger partial charge in [-0.05, 0) is 30.3 Å². The van der Waals surface area contributed by atoms with Gasteiger partial charge in [0.15, 0.2) is 5.13 Å². The Kier molecular flexibility index (Phi) is 5.63. The molecule has 4 rings (SSSR count). The van der Waals surface area contributed by atoms with Crippen molar-refractivity contribution in [3.63, 3.8) is 0 Å². The molecule has 4 aromatic rings. The number of hydrogen-bond acceptors (Lipinski definition) is 7. The molecule has 2 aromatic heterocycles. The molecular weight excluding hydrogens is 418 g/mol. The molecule has 2 aromatic carbocycles. The molecule has 29 heavy (non-hydrogen) atoms. The van der Waals surface area contributed by atoms with E-state index in [1.807, 2.05) is 30.3 Å². The van der Waals surface area contributed by atoms with Crippen molar-refractivity contribution >= 4 is 34.1 Å². The molecule has 10 heteroatoms. The zero-order chi connectivity index (χ0) is 20.2. The summed E-state index contributed by atoms with van der Waals surface area (Å²) in [5.41, 5.74) is 1.07. The Morgan fingerprint density at radius 2 is 1.97 bits per heavy atom. The molecule has 1 amide bonds. The molecule has 0 bridgehead atoms. The minimum Gasteiger partial charge on any atom is -0.411 e. The fraction of sp³-hybridized carbons (Fsp3) is 0.0526. The Labute approximate surface area is 172 Å². The van der Waals surface area contributed by atoms with E-state index in [1.54, 1.807) is 5.38 Å². The molecule has 0 fully saturated rings. The number of anilines is 1. The van der Waals surface area contributed by atoms with Crippen molar-refractivity contribution < 1.29 is 18.0 Å². The maximum atomic E-state index is 13.8. The number of thiazole rings is 1. The molecule has 1 N–H and O–H groups in total. The number of thioether (sulfide) groups is 1. The average molecular weight is 430 g/mol. The lowest BCUT2D eigenvalue weighted by Gasteiger charge is -2.00. The van der Waals surface area contributed by atoms with Gasteiger partial charge in [-0.15, -0.1) is 21.5 Å². The number of nitrogens with one attached hydrogen (secondary N) is 1. The van der Waals surface area contributed by atoms with E-state index in [-0.39, 0.29) is 33.3 Å². The number of carbonyl (C=O) groups is 1. The molecule has 0 saturated heterocycles. The van der Waals surface area contributed by atoms with E-state index in [0.29, 0.717) is 5.89 Å². The molecule has 6 nitrogen and oxygen atoms in total. The molecule has 0 atom stereocenters. The topological polar surface area (TPSA) is 80.9 Å². The number of nitrogens with zero attached hydrogens (tertiary/aromatic N) is 3. The van der Waals surface area contributed by atoms with Crippen molar-refractivity contribution in [2.45, 2.75) is 5.22 Å². The number of rotatable bonds is 6. The van der Waals surface area contributed by atoms with Crippen LogP contribution in [0.25, 0.3) is 22.7 Å². The Bertz CT molecular complexity index is 1150. The Morgan fingerprint density at radius 1 is 1.14 bits per heavy atom. The van der Waals surface area contributed by atoms with Crippen LogP contribution in [0, 0.1) is 11.6 Å². The molecule has 0 spiro atoms. The van der Waals surface area contributed by atoms with Crippen molar-refractivity contribution in [2.75, 3.05) is 11.1 Å². The van der Waals surface area contributed by atoms with Gasteiger partial charge in [0, 0.05) is 16.5 Å². The van der Waals surface area contributed by atoms with Crippen molar-refractivity contribution in [3.05, 3.63) is 65.5 Å². The second-order valence-corrected chi connectivity index (χ2v) is 7.52. The third kappa shape index (κ3) is 4.66. The van der Waals surface area contributed by atoms with Crippen LogP contribution in [0.1, 0.15) is 0 Å².